The van der Waals surface area contributed by atoms with Gasteiger partial charge in [-0.15, -0.1) is 0 Å². The second-order valence-electron chi connectivity index (χ2n) is 5.82. The summed E-state index contributed by atoms with van der Waals surface area (Å²) in [5.74, 6) is 0.272. The number of hydrogen-bond acceptors (Lipinski definition) is 2. The predicted octanol–water partition coefficient (Wildman–Crippen LogP) is 3.57. The Balaban J connectivity index is 2.48. The number of carbonyl (C=O) groups is 1. The molecule has 3 heteroatoms. The molecular formula is C19H30N2O. The van der Waals surface area contributed by atoms with E-state index in [1.807, 2.05) is 43.1 Å². The summed E-state index contributed by atoms with van der Waals surface area (Å²) in [6.45, 7) is 16.6. The zero-order chi connectivity index (χ0) is 16.4. The van der Waals surface area contributed by atoms with Gasteiger partial charge in [-0.05, 0) is 30.9 Å². The lowest BCUT2D eigenvalue weighted by Crippen LogP contribution is -2.35. The minimum Gasteiger partial charge on any atom is -0.343 e. The standard InChI is InChI=1S/C19H30N2O/c1-5-10-19(22)21(6-2)14-9-13-20-15-17(3)11-7-8-12-18(4)16-20/h7-8,11-12H,3-6,9-10,13-16H2,1-2H3/b11-7-,12-8-. The van der Waals surface area contributed by atoms with Crippen LogP contribution < -0.4 is 0 Å². The molecule has 0 radical (unpaired) electrons. The highest BCUT2D eigenvalue weighted by atomic mass is 16.2. The molecule has 3 nitrogen and oxygen atoms in total. The second kappa shape index (κ2) is 10.2. The largest absolute Gasteiger partial charge is 0.343 e. The third-order valence-corrected chi connectivity index (χ3v) is 3.73. The minimum atomic E-state index is 0.272. The van der Waals surface area contributed by atoms with E-state index in [0.717, 1.165) is 56.7 Å². The number of amides is 1. The average molecular weight is 302 g/mol. The molecule has 0 fully saturated rings. The summed E-state index contributed by atoms with van der Waals surface area (Å²) in [6, 6.07) is 0. The molecule has 0 aliphatic carbocycles. The molecule has 0 N–H and O–H groups in total. The fourth-order valence-corrected chi connectivity index (χ4v) is 2.59. The zero-order valence-electron chi connectivity index (χ0n) is 14.2. The molecular weight excluding hydrogens is 272 g/mol. The highest BCUT2D eigenvalue weighted by molar-refractivity contribution is 5.76. The summed E-state index contributed by atoms with van der Waals surface area (Å²) in [5, 5.41) is 0. The molecule has 0 saturated heterocycles. The number of hydrogen-bond donors (Lipinski definition) is 0. The maximum atomic E-state index is 12.0. The van der Waals surface area contributed by atoms with Crippen LogP contribution in [0.3, 0.4) is 0 Å². The Hall–Kier alpha value is -1.61. The lowest BCUT2D eigenvalue weighted by molar-refractivity contribution is -0.131. The van der Waals surface area contributed by atoms with Crippen molar-refractivity contribution in [3.8, 4) is 0 Å². The highest BCUT2D eigenvalue weighted by Crippen LogP contribution is 2.08. The van der Waals surface area contributed by atoms with Crippen LogP contribution in [0.2, 0.25) is 0 Å². The van der Waals surface area contributed by atoms with Gasteiger partial charge < -0.3 is 4.90 Å². The minimum absolute atomic E-state index is 0.272. The molecule has 0 aromatic rings. The van der Waals surface area contributed by atoms with Crippen LogP contribution in [-0.4, -0.2) is 48.4 Å². The third kappa shape index (κ3) is 6.90. The Bertz CT molecular complexity index is 422. The van der Waals surface area contributed by atoms with Gasteiger partial charge in [0.1, 0.15) is 0 Å². The van der Waals surface area contributed by atoms with Crippen LogP contribution in [0.1, 0.15) is 33.1 Å². The van der Waals surface area contributed by atoms with Crippen molar-refractivity contribution in [1.29, 1.82) is 0 Å². The molecule has 1 amide bonds. The maximum absolute atomic E-state index is 12.0. The quantitative estimate of drug-likeness (QED) is 0.718. The summed E-state index contributed by atoms with van der Waals surface area (Å²) >= 11 is 0. The van der Waals surface area contributed by atoms with E-state index in [0.29, 0.717) is 6.42 Å². The fraction of sp³-hybridized carbons (Fsp3) is 0.526. The van der Waals surface area contributed by atoms with Gasteiger partial charge in [-0.2, -0.15) is 0 Å². The fourth-order valence-electron chi connectivity index (χ4n) is 2.59. The lowest BCUT2D eigenvalue weighted by atomic mass is 10.2. The molecule has 22 heavy (non-hydrogen) atoms. The van der Waals surface area contributed by atoms with Gasteiger partial charge in [-0.1, -0.05) is 44.4 Å². The van der Waals surface area contributed by atoms with Crippen molar-refractivity contribution < 1.29 is 4.79 Å². The summed E-state index contributed by atoms with van der Waals surface area (Å²) in [4.78, 5) is 16.3. The first kappa shape index (κ1) is 18.4. The Kier molecular flexibility index (Phi) is 8.53. The molecule has 1 aliphatic heterocycles. The molecule has 0 atom stereocenters. The van der Waals surface area contributed by atoms with E-state index in [2.05, 4.69) is 18.1 Å². The number of carbonyl (C=O) groups excluding carboxylic acids is 1. The van der Waals surface area contributed by atoms with Gasteiger partial charge in [0.25, 0.3) is 0 Å². The van der Waals surface area contributed by atoms with Gasteiger partial charge in [0.2, 0.25) is 5.91 Å². The van der Waals surface area contributed by atoms with Crippen LogP contribution in [0.25, 0.3) is 0 Å². The molecule has 1 heterocycles. The topological polar surface area (TPSA) is 23.6 Å². The lowest BCUT2D eigenvalue weighted by Gasteiger charge is -2.25. The molecule has 0 aromatic heterocycles. The smallest absolute Gasteiger partial charge is 0.222 e. The van der Waals surface area contributed by atoms with Crippen LogP contribution in [0.5, 0.6) is 0 Å². The van der Waals surface area contributed by atoms with Gasteiger partial charge in [0.05, 0.1) is 0 Å². The van der Waals surface area contributed by atoms with Crippen molar-refractivity contribution >= 4 is 5.91 Å². The van der Waals surface area contributed by atoms with Crippen molar-refractivity contribution in [2.75, 3.05) is 32.7 Å². The highest BCUT2D eigenvalue weighted by Gasteiger charge is 2.12. The van der Waals surface area contributed by atoms with Crippen molar-refractivity contribution in [3.63, 3.8) is 0 Å². The Labute approximate surface area is 135 Å². The van der Waals surface area contributed by atoms with Crippen molar-refractivity contribution in [2.24, 2.45) is 0 Å². The molecule has 122 valence electrons. The van der Waals surface area contributed by atoms with E-state index < -0.39 is 0 Å². The Morgan fingerprint density at radius 1 is 1.18 bits per heavy atom. The van der Waals surface area contributed by atoms with E-state index in [-0.39, 0.29) is 5.91 Å². The number of allylic oxidation sites excluding steroid dienone is 2. The van der Waals surface area contributed by atoms with Crippen LogP contribution >= 0.6 is 0 Å². The summed E-state index contributed by atoms with van der Waals surface area (Å²) < 4.78 is 0. The molecule has 0 bridgehead atoms. The first-order valence-electron chi connectivity index (χ1n) is 8.27. The van der Waals surface area contributed by atoms with Gasteiger partial charge in [-0.3, -0.25) is 9.69 Å². The molecule has 0 spiro atoms. The van der Waals surface area contributed by atoms with Gasteiger partial charge in [0.15, 0.2) is 0 Å². The SMILES string of the molecule is C=C1/C=C\C=C/C(=C)CN(CCCN(CC)C(=O)CCC)C1. The summed E-state index contributed by atoms with van der Waals surface area (Å²) in [6.07, 6.45) is 10.7. The molecule has 0 saturated carbocycles. The monoisotopic (exact) mass is 302 g/mol. The van der Waals surface area contributed by atoms with Gasteiger partial charge in [-0.25, -0.2) is 0 Å². The van der Waals surface area contributed by atoms with E-state index in [1.165, 1.54) is 0 Å². The van der Waals surface area contributed by atoms with Crippen LogP contribution in [0, 0.1) is 0 Å². The van der Waals surface area contributed by atoms with E-state index >= 15 is 0 Å². The normalized spacial score (nSPS) is 19.2. The average Bonchev–Trinajstić information content (AvgIpc) is 2.54. The van der Waals surface area contributed by atoms with Crippen molar-refractivity contribution in [1.82, 2.24) is 9.80 Å². The Morgan fingerprint density at radius 2 is 1.77 bits per heavy atom. The van der Waals surface area contributed by atoms with Crippen LogP contribution in [0.15, 0.2) is 48.6 Å². The summed E-state index contributed by atoms with van der Waals surface area (Å²) in [5.41, 5.74) is 2.21. The molecule has 1 aliphatic rings. The van der Waals surface area contributed by atoms with Crippen molar-refractivity contribution in [3.05, 3.63) is 48.6 Å². The van der Waals surface area contributed by atoms with Crippen LogP contribution in [-0.2, 0) is 4.79 Å². The first-order valence-corrected chi connectivity index (χ1v) is 8.27. The first-order chi connectivity index (χ1) is 10.6. The van der Waals surface area contributed by atoms with Gasteiger partial charge in [0, 0.05) is 39.1 Å². The summed E-state index contributed by atoms with van der Waals surface area (Å²) in [7, 11) is 0. The Morgan fingerprint density at radius 3 is 2.27 bits per heavy atom. The zero-order valence-corrected chi connectivity index (χ0v) is 14.2. The molecule has 1 rings (SSSR count). The van der Waals surface area contributed by atoms with E-state index in [4.69, 9.17) is 0 Å². The van der Waals surface area contributed by atoms with Gasteiger partial charge >= 0.3 is 0 Å². The number of rotatable bonds is 7. The van der Waals surface area contributed by atoms with E-state index in [9.17, 15) is 4.79 Å². The molecule has 0 unspecified atom stereocenters. The predicted molar refractivity (Wildman–Crippen MR) is 94.8 cm³/mol. The van der Waals surface area contributed by atoms with Crippen molar-refractivity contribution in [2.45, 2.75) is 33.1 Å². The molecule has 0 aromatic carbocycles. The third-order valence-electron chi connectivity index (χ3n) is 3.73. The van der Waals surface area contributed by atoms with Crippen LogP contribution in [0.4, 0.5) is 0 Å². The second-order valence-corrected chi connectivity index (χ2v) is 5.82. The van der Waals surface area contributed by atoms with E-state index in [1.54, 1.807) is 0 Å². The number of nitrogens with zero attached hydrogens (tertiary/aromatic N) is 2. The maximum Gasteiger partial charge on any atom is 0.222 e.